The Hall–Kier alpha value is -0.610. The highest BCUT2D eigenvalue weighted by Gasteiger charge is 2.26. The molecule has 2 aliphatic heterocycles. The lowest BCUT2D eigenvalue weighted by Gasteiger charge is -2.35. The summed E-state index contributed by atoms with van der Waals surface area (Å²) in [5, 5.41) is 0. The van der Waals surface area contributed by atoms with Crippen LogP contribution >= 0.6 is 0 Å². The molecule has 1 atom stereocenters. The molecule has 0 aliphatic carbocycles. The lowest BCUT2D eigenvalue weighted by molar-refractivity contribution is -0.119. The molecule has 0 aromatic rings. The molecule has 4 heteroatoms. The van der Waals surface area contributed by atoms with Gasteiger partial charge in [-0.2, -0.15) is 0 Å². The fourth-order valence-corrected chi connectivity index (χ4v) is 2.52. The van der Waals surface area contributed by atoms with E-state index >= 15 is 0 Å². The molecule has 86 valence electrons. The van der Waals surface area contributed by atoms with Crippen LogP contribution in [0.25, 0.3) is 0 Å². The second-order valence-electron chi connectivity index (χ2n) is 4.74. The van der Waals surface area contributed by atoms with Gasteiger partial charge in [0.15, 0.2) is 0 Å². The Morgan fingerprint density at radius 2 is 1.93 bits per heavy atom. The Balaban J connectivity index is 1.78. The summed E-state index contributed by atoms with van der Waals surface area (Å²) in [6, 6.07) is 0.478. The van der Waals surface area contributed by atoms with E-state index in [1.165, 1.54) is 12.8 Å². The number of hydrogen-bond donors (Lipinski definition) is 0. The third-order valence-electron chi connectivity index (χ3n) is 3.62. The Morgan fingerprint density at radius 1 is 1.20 bits per heavy atom. The molecule has 2 saturated heterocycles. The van der Waals surface area contributed by atoms with E-state index in [-0.39, 0.29) is 0 Å². The zero-order chi connectivity index (χ0) is 10.7. The number of piperazine rings is 1. The van der Waals surface area contributed by atoms with Crippen molar-refractivity contribution in [3.05, 3.63) is 0 Å². The van der Waals surface area contributed by atoms with Crippen LogP contribution in [0.2, 0.25) is 0 Å². The van der Waals surface area contributed by atoms with Gasteiger partial charge < -0.3 is 9.80 Å². The van der Waals surface area contributed by atoms with Crippen molar-refractivity contribution in [1.29, 1.82) is 0 Å². The molecular weight excluding hydrogens is 190 g/mol. The summed E-state index contributed by atoms with van der Waals surface area (Å²) in [7, 11) is 2.17. The first-order valence-corrected chi connectivity index (χ1v) is 5.91. The van der Waals surface area contributed by atoms with Crippen molar-refractivity contribution < 1.29 is 4.79 Å². The van der Waals surface area contributed by atoms with Crippen LogP contribution in [0.15, 0.2) is 0 Å². The average molecular weight is 211 g/mol. The van der Waals surface area contributed by atoms with Crippen LogP contribution in [0.3, 0.4) is 0 Å². The molecule has 0 bridgehead atoms. The van der Waals surface area contributed by atoms with Gasteiger partial charge in [-0.1, -0.05) is 0 Å². The van der Waals surface area contributed by atoms with Gasteiger partial charge in [-0.25, -0.2) is 0 Å². The van der Waals surface area contributed by atoms with E-state index in [4.69, 9.17) is 0 Å². The van der Waals surface area contributed by atoms with Gasteiger partial charge in [0.05, 0.1) is 0 Å². The molecule has 0 radical (unpaired) electrons. The van der Waals surface area contributed by atoms with Crippen molar-refractivity contribution in [3.8, 4) is 0 Å². The monoisotopic (exact) mass is 211 g/mol. The van der Waals surface area contributed by atoms with Gasteiger partial charge >= 0.3 is 0 Å². The highest BCUT2D eigenvalue weighted by Crippen LogP contribution is 2.16. The van der Waals surface area contributed by atoms with E-state index in [9.17, 15) is 4.79 Å². The summed E-state index contributed by atoms with van der Waals surface area (Å²) in [6.45, 7) is 6.66. The SMILES string of the molecule is CN1CCN(CC2CCCN2C=O)CC1. The van der Waals surface area contributed by atoms with E-state index in [2.05, 4.69) is 16.8 Å². The number of likely N-dealkylation sites (tertiary alicyclic amines) is 1. The van der Waals surface area contributed by atoms with Crippen LogP contribution in [-0.2, 0) is 4.79 Å². The molecular formula is C11H21N3O. The molecule has 2 heterocycles. The summed E-state index contributed by atoms with van der Waals surface area (Å²) >= 11 is 0. The van der Waals surface area contributed by atoms with Crippen LogP contribution in [0.1, 0.15) is 12.8 Å². The molecule has 2 aliphatic rings. The van der Waals surface area contributed by atoms with Crippen LogP contribution in [0.4, 0.5) is 0 Å². The molecule has 4 nitrogen and oxygen atoms in total. The van der Waals surface area contributed by atoms with Gasteiger partial charge in [-0.3, -0.25) is 9.69 Å². The molecule has 2 rings (SSSR count). The van der Waals surface area contributed by atoms with Crippen molar-refractivity contribution in [2.45, 2.75) is 18.9 Å². The molecule has 0 spiro atoms. The third kappa shape index (κ3) is 2.69. The maximum absolute atomic E-state index is 10.8. The van der Waals surface area contributed by atoms with Crippen molar-refractivity contribution >= 4 is 6.41 Å². The van der Waals surface area contributed by atoms with Gasteiger partial charge in [0.25, 0.3) is 0 Å². The summed E-state index contributed by atoms with van der Waals surface area (Å²) in [5.74, 6) is 0. The predicted octanol–water partition coefficient (Wildman–Crippen LogP) is -0.145. The largest absolute Gasteiger partial charge is 0.341 e. The summed E-state index contributed by atoms with van der Waals surface area (Å²) in [4.78, 5) is 17.6. The number of amides is 1. The predicted molar refractivity (Wildman–Crippen MR) is 59.7 cm³/mol. The zero-order valence-electron chi connectivity index (χ0n) is 9.56. The van der Waals surface area contributed by atoms with E-state index in [0.29, 0.717) is 6.04 Å². The molecule has 1 unspecified atom stereocenters. The number of carbonyl (C=O) groups is 1. The van der Waals surface area contributed by atoms with Gasteiger partial charge in [0.2, 0.25) is 6.41 Å². The Bertz CT molecular complexity index is 214. The maximum atomic E-state index is 10.8. The van der Waals surface area contributed by atoms with E-state index < -0.39 is 0 Å². The second-order valence-corrected chi connectivity index (χ2v) is 4.74. The summed E-state index contributed by atoms with van der Waals surface area (Å²) in [5.41, 5.74) is 0. The number of carbonyl (C=O) groups excluding carboxylic acids is 1. The average Bonchev–Trinajstić information content (AvgIpc) is 2.69. The van der Waals surface area contributed by atoms with Crippen LogP contribution < -0.4 is 0 Å². The molecule has 15 heavy (non-hydrogen) atoms. The van der Waals surface area contributed by atoms with Crippen LogP contribution in [0, 0.1) is 0 Å². The molecule has 0 saturated carbocycles. The van der Waals surface area contributed by atoms with E-state index in [1.54, 1.807) is 0 Å². The summed E-state index contributed by atoms with van der Waals surface area (Å²) in [6.07, 6.45) is 3.38. The van der Waals surface area contributed by atoms with Gasteiger partial charge in [-0.05, 0) is 19.9 Å². The smallest absolute Gasteiger partial charge is 0.209 e. The molecule has 0 aromatic carbocycles. The van der Waals surface area contributed by atoms with Gasteiger partial charge in [0, 0.05) is 45.3 Å². The number of likely N-dealkylation sites (N-methyl/N-ethyl adjacent to an activating group) is 1. The third-order valence-corrected chi connectivity index (χ3v) is 3.62. The highest BCUT2D eigenvalue weighted by atomic mass is 16.1. The fourth-order valence-electron chi connectivity index (χ4n) is 2.52. The van der Waals surface area contributed by atoms with Gasteiger partial charge in [-0.15, -0.1) is 0 Å². The lowest BCUT2D eigenvalue weighted by atomic mass is 10.2. The van der Waals surface area contributed by atoms with Crippen molar-refractivity contribution in [2.24, 2.45) is 0 Å². The second kappa shape index (κ2) is 4.94. The highest BCUT2D eigenvalue weighted by molar-refractivity contribution is 5.48. The Labute approximate surface area is 91.8 Å². The van der Waals surface area contributed by atoms with Crippen molar-refractivity contribution in [3.63, 3.8) is 0 Å². The van der Waals surface area contributed by atoms with Crippen molar-refractivity contribution in [2.75, 3.05) is 46.3 Å². The molecule has 0 aromatic heterocycles. The van der Waals surface area contributed by atoms with Crippen molar-refractivity contribution in [1.82, 2.24) is 14.7 Å². The Morgan fingerprint density at radius 3 is 2.60 bits per heavy atom. The Kier molecular flexibility index (Phi) is 3.59. The van der Waals surface area contributed by atoms with E-state index in [0.717, 1.165) is 45.7 Å². The maximum Gasteiger partial charge on any atom is 0.209 e. The zero-order valence-corrected chi connectivity index (χ0v) is 9.56. The topological polar surface area (TPSA) is 26.8 Å². The fraction of sp³-hybridized carbons (Fsp3) is 0.909. The first-order valence-electron chi connectivity index (χ1n) is 5.91. The van der Waals surface area contributed by atoms with Gasteiger partial charge in [0.1, 0.15) is 0 Å². The summed E-state index contributed by atoms with van der Waals surface area (Å²) < 4.78 is 0. The first-order chi connectivity index (χ1) is 7.29. The first kappa shape index (κ1) is 10.9. The minimum absolute atomic E-state index is 0.478. The van der Waals surface area contributed by atoms with Crippen LogP contribution in [-0.4, -0.2) is 73.5 Å². The van der Waals surface area contributed by atoms with Crippen LogP contribution in [0.5, 0.6) is 0 Å². The molecule has 0 N–H and O–H groups in total. The number of rotatable bonds is 3. The lowest BCUT2D eigenvalue weighted by Crippen LogP contribution is -2.49. The number of hydrogen-bond acceptors (Lipinski definition) is 3. The minimum atomic E-state index is 0.478. The van der Waals surface area contributed by atoms with E-state index in [1.807, 2.05) is 4.90 Å². The molecule has 1 amide bonds. The standard InChI is InChI=1S/C11H21N3O/c1-12-5-7-13(8-6-12)9-11-3-2-4-14(11)10-15/h10-11H,2-9H2,1H3. The molecule has 2 fully saturated rings. The minimum Gasteiger partial charge on any atom is -0.341 e. The normalized spacial score (nSPS) is 29.7. The quantitative estimate of drug-likeness (QED) is 0.608. The number of nitrogens with zero attached hydrogens (tertiary/aromatic N) is 3.